The van der Waals surface area contributed by atoms with Crippen molar-refractivity contribution >= 4 is 22.0 Å². The third kappa shape index (κ3) is 2.43. The fraction of sp³-hybridized carbons (Fsp3) is 0.182. The van der Waals surface area contributed by atoms with Gasteiger partial charge in [0, 0.05) is 10.5 Å². The Kier molecular flexibility index (Phi) is 3.27. The fourth-order valence-electron chi connectivity index (χ4n) is 1.21. The third-order valence-electron chi connectivity index (χ3n) is 1.81. The van der Waals surface area contributed by atoms with Gasteiger partial charge in [-0.05, 0) is 36.6 Å². The van der Waals surface area contributed by atoms with E-state index in [1.807, 2.05) is 38.1 Å². The number of allylic oxidation sites excluding steroid dienone is 1. The van der Waals surface area contributed by atoms with Gasteiger partial charge < -0.3 is 0 Å². The van der Waals surface area contributed by atoms with Gasteiger partial charge in [-0.15, -0.1) is 0 Å². The van der Waals surface area contributed by atoms with Crippen molar-refractivity contribution in [1.82, 2.24) is 0 Å². The van der Waals surface area contributed by atoms with E-state index in [2.05, 4.69) is 15.9 Å². The molecule has 0 fully saturated rings. The maximum atomic E-state index is 8.37. The van der Waals surface area contributed by atoms with Gasteiger partial charge in [0.2, 0.25) is 0 Å². The Labute approximate surface area is 86.8 Å². The Bertz CT molecular complexity index is 363. The number of aryl methyl sites for hydroxylation is 2. The van der Waals surface area contributed by atoms with Crippen LogP contribution in [-0.2, 0) is 0 Å². The van der Waals surface area contributed by atoms with Gasteiger partial charge in [-0.2, -0.15) is 5.26 Å². The van der Waals surface area contributed by atoms with Gasteiger partial charge >= 0.3 is 0 Å². The lowest BCUT2D eigenvalue weighted by Gasteiger charge is -2.03. The SMILES string of the molecule is Cc1cc(C=CC#N)cc(C)c1Br. The smallest absolute Gasteiger partial charge is 0.0912 e. The van der Waals surface area contributed by atoms with Crippen LogP contribution in [0.5, 0.6) is 0 Å². The summed E-state index contributed by atoms with van der Waals surface area (Å²) in [6.45, 7) is 4.08. The van der Waals surface area contributed by atoms with E-state index in [-0.39, 0.29) is 0 Å². The normalized spacial score (nSPS) is 10.3. The van der Waals surface area contributed by atoms with Gasteiger partial charge in [-0.3, -0.25) is 0 Å². The van der Waals surface area contributed by atoms with Crippen LogP contribution in [0.3, 0.4) is 0 Å². The lowest BCUT2D eigenvalue weighted by atomic mass is 10.1. The number of rotatable bonds is 1. The Balaban J connectivity index is 3.15. The molecule has 2 heteroatoms. The summed E-state index contributed by atoms with van der Waals surface area (Å²) >= 11 is 3.49. The molecular formula is C11H10BrN. The molecule has 0 aliphatic heterocycles. The van der Waals surface area contributed by atoms with Crippen LogP contribution in [0.15, 0.2) is 22.7 Å². The number of nitriles is 1. The highest BCUT2D eigenvalue weighted by Crippen LogP contribution is 2.22. The number of nitrogens with zero attached hydrogens (tertiary/aromatic N) is 1. The molecule has 0 saturated heterocycles. The molecule has 0 aliphatic carbocycles. The molecule has 0 spiro atoms. The van der Waals surface area contributed by atoms with Gasteiger partial charge in [0.15, 0.2) is 0 Å². The maximum Gasteiger partial charge on any atom is 0.0912 e. The van der Waals surface area contributed by atoms with Crippen LogP contribution in [0.4, 0.5) is 0 Å². The molecule has 0 unspecified atom stereocenters. The minimum absolute atomic E-state index is 1.07. The largest absolute Gasteiger partial charge is 0.193 e. The first-order valence-electron chi connectivity index (χ1n) is 3.98. The van der Waals surface area contributed by atoms with Gasteiger partial charge in [0.25, 0.3) is 0 Å². The van der Waals surface area contributed by atoms with Crippen LogP contribution in [0.25, 0.3) is 6.08 Å². The van der Waals surface area contributed by atoms with Gasteiger partial charge in [0.05, 0.1) is 6.07 Å². The lowest BCUT2D eigenvalue weighted by molar-refractivity contribution is 1.33. The molecule has 1 rings (SSSR count). The Hall–Kier alpha value is -1.07. The molecule has 0 amide bonds. The van der Waals surface area contributed by atoms with Crippen molar-refractivity contribution < 1.29 is 0 Å². The van der Waals surface area contributed by atoms with E-state index in [1.165, 1.54) is 17.2 Å². The average Bonchev–Trinajstić information content (AvgIpc) is 2.10. The zero-order valence-corrected chi connectivity index (χ0v) is 9.22. The second kappa shape index (κ2) is 4.25. The number of hydrogen-bond donors (Lipinski definition) is 0. The highest BCUT2D eigenvalue weighted by molar-refractivity contribution is 9.10. The first-order chi connectivity index (χ1) is 6.15. The highest BCUT2D eigenvalue weighted by atomic mass is 79.9. The molecular weight excluding hydrogens is 226 g/mol. The molecule has 0 radical (unpaired) electrons. The van der Waals surface area contributed by atoms with E-state index in [1.54, 1.807) is 0 Å². The number of halogens is 1. The van der Waals surface area contributed by atoms with Crippen molar-refractivity contribution in [2.45, 2.75) is 13.8 Å². The summed E-state index contributed by atoms with van der Waals surface area (Å²) in [5, 5.41) is 8.37. The average molecular weight is 236 g/mol. The maximum absolute atomic E-state index is 8.37. The van der Waals surface area contributed by atoms with Crippen LogP contribution >= 0.6 is 15.9 Å². The first kappa shape index (κ1) is 10.0. The van der Waals surface area contributed by atoms with Gasteiger partial charge in [-0.1, -0.05) is 28.1 Å². The molecule has 1 aromatic rings. The van der Waals surface area contributed by atoms with Crippen LogP contribution in [0, 0.1) is 25.2 Å². The summed E-state index contributed by atoms with van der Waals surface area (Å²) in [4.78, 5) is 0. The minimum atomic E-state index is 1.07. The van der Waals surface area contributed by atoms with E-state index in [0.29, 0.717) is 0 Å². The molecule has 0 saturated carbocycles. The molecule has 0 bridgehead atoms. The van der Waals surface area contributed by atoms with E-state index in [9.17, 15) is 0 Å². The minimum Gasteiger partial charge on any atom is -0.193 e. The molecule has 0 aliphatic rings. The standard InChI is InChI=1S/C11H10BrN/c1-8-6-10(4-3-5-13)7-9(2)11(8)12/h3-4,6-7H,1-2H3. The van der Waals surface area contributed by atoms with Crippen LogP contribution in [0.1, 0.15) is 16.7 Å². The number of benzene rings is 1. The molecule has 1 aromatic carbocycles. The molecule has 0 atom stereocenters. The zero-order chi connectivity index (χ0) is 9.84. The number of hydrogen-bond acceptors (Lipinski definition) is 1. The Morgan fingerprint density at radius 2 is 1.85 bits per heavy atom. The molecule has 0 N–H and O–H groups in total. The van der Waals surface area contributed by atoms with Crippen LogP contribution in [-0.4, -0.2) is 0 Å². The van der Waals surface area contributed by atoms with E-state index in [4.69, 9.17) is 5.26 Å². The zero-order valence-electron chi connectivity index (χ0n) is 7.63. The van der Waals surface area contributed by atoms with Crippen LogP contribution in [0.2, 0.25) is 0 Å². The van der Waals surface area contributed by atoms with Crippen molar-refractivity contribution in [3.05, 3.63) is 39.4 Å². The Morgan fingerprint density at radius 3 is 2.31 bits per heavy atom. The lowest BCUT2D eigenvalue weighted by Crippen LogP contribution is -1.83. The monoisotopic (exact) mass is 235 g/mol. The van der Waals surface area contributed by atoms with Crippen LogP contribution < -0.4 is 0 Å². The Morgan fingerprint density at radius 1 is 1.31 bits per heavy atom. The quantitative estimate of drug-likeness (QED) is 0.683. The summed E-state index contributed by atoms with van der Waals surface area (Å²) in [6, 6.07) is 6.07. The van der Waals surface area contributed by atoms with E-state index in [0.717, 1.165) is 10.0 Å². The van der Waals surface area contributed by atoms with Gasteiger partial charge in [0.1, 0.15) is 0 Å². The molecule has 1 nitrogen and oxygen atoms in total. The summed E-state index contributed by atoms with van der Waals surface area (Å²) < 4.78 is 1.14. The van der Waals surface area contributed by atoms with Gasteiger partial charge in [-0.25, -0.2) is 0 Å². The predicted molar refractivity (Wildman–Crippen MR) is 58.3 cm³/mol. The summed E-state index contributed by atoms with van der Waals surface area (Å²) in [6.07, 6.45) is 3.30. The third-order valence-corrected chi connectivity index (χ3v) is 3.06. The van der Waals surface area contributed by atoms with Crippen molar-refractivity contribution in [3.8, 4) is 6.07 Å². The van der Waals surface area contributed by atoms with Crippen molar-refractivity contribution in [2.75, 3.05) is 0 Å². The van der Waals surface area contributed by atoms with Crippen molar-refractivity contribution in [3.63, 3.8) is 0 Å². The second-order valence-electron chi connectivity index (χ2n) is 2.93. The topological polar surface area (TPSA) is 23.8 Å². The van der Waals surface area contributed by atoms with Crippen molar-refractivity contribution in [2.24, 2.45) is 0 Å². The highest BCUT2D eigenvalue weighted by Gasteiger charge is 1.99. The molecule has 0 aromatic heterocycles. The second-order valence-corrected chi connectivity index (χ2v) is 3.72. The van der Waals surface area contributed by atoms with E-state index < -0.39 is 0 Å². The predicted octanol–water partition coefficient (Wildman–Crippen LogP) is 3.60. The summed E-state index contributed by atoms with van der Waals surface area (Å²) in [7, 11) is 0. The van der Waals surface area contributed by atoms with E-state index >= 15 is 0 Å². The molecule has 0 heterocycles. The van der Waals surface area contributed by atoms with Crippen molar-refractivity contribution in [1.29, 1.82) is 5.26 Å². The summed E-state index contributed by atoms with van der Waals surface area (Å²) in [5.41, 5.74) is 3.45. The summed E-state index contributed by atoms with van der Waals surface area (Å²) in [5.74, 6) is 0. The molecule has 13 heavy (non-hydrogen) atoms. The fourth-order valence-corrected chi connectivity index (χ4v) is 1.44. The molecule has 66 valence electrons. The first-order valence-corrected chi connectivity index (χ1v) is 4.77.